The van der Waals surface area contributed by atoms with E-state index >= 15 is 0 Å². The van der Waals surface area contributed by atoms with Crippen molar-refractivity contribution in [2.24, 2.45) is 0 Å². The molecule has 0 aliphatic carbocycles. The zero-order valence-electron chi connectivity index (χ0n) is 25.2. The lowest BCUT2D eigenvalue weighted by Gasteiger charge is -2.46. The van der Waals surface area contributed by atoms with Crippen LogP contribution in [0.15, 0.2) is 54.7 Å². The fourth-order valence-corrected chi connectivity index (χ4v) is 5.41. The first-order valence-electron chi connectivity index (χ1n) is 14.0. The number of nitrogens with zero attached hydrogens (tertiary/aromatic N) is 4. The highest BCUT2D eigenvalue weighted by atomic mass is 28.4. The number of hydrogen-bond acceptors (Lipinski definition) is 8. The molecule has 1 fully saturated rings. The number of benzene rings is 2. The Hall–Kier alpha value is -3.90. The van der Waals surface area contributed by atoms with Gasteiger partial charge in [0, 0.05) is 18.2 Å². The lowest BCUT2D eigenvalue weighted by atomic mass is 9.94. The molecule has 0 saturated carbocycles. The minimum Gasteiger partial charge on any atom is -0.497 e. The van der Waals surface area contributed by atoms with Gasteiger partial charge in [-0.15, -0.1) is 0 Å². The molecule has 42 heavy (non-hydrogen) atoms. The molecule has 0 radical (unpaired) electrons. The highest BCUT2D eigenvalue weighted by Crippen LogP contribution is 2.39. The lowest BCUT2D eigenvalue weighted by Crippen LogP contribution is -2.71. The molecule has 0 bridgehead atoms. The van der Waals surface area contributed by atoms with Crippen LogP contribution in [0.25, 0.3) is 0 Å². The highest BCUT2D eigenvalue weighted by molar-refractivity contribution is 6.72. The third-order valence-electron chi connectivity index (χ3n) is 8.25. The van der Waals surface area contributed by atoms with E-state index in [0.717, 1.165) is 23.2 Å². The number of β-lactam (4-membered cyclic amide) rings is 1. The van der Waals surface area contributed by atoms with Crippen molar-refractivity contribution in [3.05, 3.63) is 71.5 Å². The maximum absolute atomic E-state index is 13.3. The van der Waals surface area contributed by atoms with E-state index in [4.69, 9.17) is 14.2 Å². The van der Waals surface area contributed by atoms with Crippen LogP contribution in [-0.2, 0) is 35.6 Å². The van der Waals surface area contributed by atoms with Crippen molar-refractivity contribution in [2.75, 3.05) is 14.2 Å². The molecule has 0 unspecified atom stereocenters. The molecule has 2 heterocycles. The molecule has 2 amide bonds. The van der Waals surface area contributed by atoms with E-state index in [1.165, 1.54) is 0 Å². The number of amides is 2. The highest BCUT2D eigenvalue weighted by Gasteiger charge is 2.49. The largest absolute Gasteiger partial charge is 0.497 e. The summed E-state index contributed by atoms with van der Waals surface area (Å²) in [5.41, 5.74) is 2.46. The van der Waals surface area contributed by atoms with Crippen LogP contribution in [0.1, 0.15) is 37.1 Å². The Labute approximate surface area is 247 Å². The average Bonchev–Trinajstić information content (AvgIpc) is 3.43. The number of aryl methyl sites for hydroxylation is 1. The van der Waals surface area contributed by atoms with E-state index in [2.05, 4.69) is 29.4 Å². The molecule has 1 saturated heterocycles. The second kappa shape index (κ2) is 12.9. The number of carbonyl (C=O) groups excluding carboxylic acids is 2. The van der Waals surface area contributed by atoms with E-state index in [-0.39, 0.29) is 30.6 Å². The first-order valence-corrected chi connectivity index (χ1v) is 17.0. The summed E-state index contributed by atoms with van der Waals surface area (Å²) < 4.78 is 16.2. The Morgan fingerprint density at radius 2 is 1.86 bits per heavy atom. The van der Waals surface area contributed by atoms with Gasteiger partial charge in [0.15, 0.2) is 8.32 Å². The summed E-state index contributed by atoms with van der Waals surface area (Å²) in [5.74, 6) is 1.00. The van der Waals surface area contributed by atoms with Crippen LogP contribution < -0.4 is 14.8 Å². The molecule has 0 spiro atoms. The SMILES string of the molecule is COc1ccc(CN2C(=O)[C@@H](NC(=O)OCc3ccccc3)[C@H]2Cn2ncc(CCC(C)(C)[Si](C)(C)O)n2)c(OC)c1. The maximum Gasteiger partial charge on any atom is 0.408 e. The third-order valence-corrected chi connectivity index (χ3v) is 11.8. The molecule has 11 nitrogen and oxygen atoms in total. The summed E-state index contributed by atoms with van der Waals surface area (Å²) in [7, 11) is 0.800. The zero-order valence-corrected chi connectivity index (χ0v) is 26.2. The molecule has 2 aromatic carbocycles. The molecule has 226 valence electrons. The van der Waals surface area contributed by atoms with Crippen molar-refractivity contribution in [3.8, 4) is 11.5 Å². The van der Waals surface area contributed by atoms with Gasteiger partial charge in [0.05, 0.1) is 38.7 Å². The Kier molecular flexibility index (Phi) is 9.57. The number of nitrogens with one attached hydrogen (secondary N) is 1. The molecular formula is C30H41N5O6Si. The van der Waals surface area contributed by atoms with Crippen molar-refractivity contribution in [1.29, 1.82) is 0 Å². The van der Waals surface area contributed by atoms with Crippen LogP contribution in [0.3, 0.4) is 0 Å². The number of aromatic nitrogens is 3. The Bertz CT molecular complexity index is 1370. The maximum atomic E-state index is 13.3. The monoisotopic (exact) mass is 595 g/mol. The van der Waals surface area contributed by atoms with E-state index in [1.807, 2.05) is 55.6 Å². The number of hydrogen-bond donors (Lipinski definition) is 2. The van der Waals surface area contributed by atoms with Crippen LogP contribution in [-0.4, -0.2) is 71.3 Å². The van der Waals surface area contributed by atoms with Gasteiger partial charge in [0.25, 0.3) is 0 Å². The van der Waals surface area contributed by atoms with Gasteiger partial charge in [-0.05, 0) is 48.7 Å². The molecule has 1 aromatic heterocycles. The van der Waals surface area contributed by atoms with E-state index < -0.39 is 26.5 Å². The quantitative estimate of drug-likeness (QED) is 0.225. The summed E-state index contributed by atoms with van der Waals surface area (Å²) in [6, 6.07) is 13.6. The van der Waals surface area contributed by atoms with Gasteiger partial charge >= 0.3 is 6.09 Å². The predicted molar refractivity (Wildman–Crippen MR) is 160 cm³/mol. The van der Waals surface area contributed by atoms with E-state index in [9.17, 15) is 14.4 Å². The summed E-state index contributed by atoms with van der Waals surface area (Å²) >= 11 is 0. The Balaban J connectivity index is 1.48. The van der Waals surface area contributed by atoms with Crippen LogP contribution in [0, 0.1) is 0 Å². The number of alkyl carbamates (subject to hydrolysis) is 1. The minimum absolute atomic E-state index is 0.0962. The Morgan fingerprint density at radius 3 is 2.52 bits per heavy atom. The number of carbonyl (C=O) groups is 2. The second-order valence-corrected chi connectivity index (χ2v) is 16.2. The summed E-state index contributed by atoms with van der Waals surface area (Å²) in [4.78, 5) is 39.9. The van der Waals surface area contributed by atoms with Crippen molar-refractivity contribution in [2.45, 2.75) is 76.6 Å². The number of likely N-dealkylation sites (tertiary alicyclic amines) is 1. The molecule has 2 atom stereocenters. The Morgan fingerprint density at radius 1 is 1.12 bits per heavy atom. The second-order valence-electron chi connectivity index (χ2n) is 11.7. The van der Waals surface area contributed by atoms with E-state index in [0.29, 0.717) is 17.9 Å². The topological polar surface area (TPSA) is 128 Å². The predicted octanol–water partition coefficient (Wildman–Crippen LogP) is 3.91. The minimum atomic E-state index is -2.35. The normalized spacial score (nSPS) is 17.0. The summed E-state index contributed by atoms with van der Waals surface area (Å²) in [6.45, 7) is 8.71. The summed E-state index contributed by atoms with van der Waals surface area (Å²) in [6.07, 6.45) is 2.50. The van der Waals surface area contributed by atoms with Crippen molar-refractivity contribution < 1.29 is 28.6 Å². The van der Waals surface area contributed by atoms with E-state index in [1.54, 1.807) is 36.2 Å². The summed E-state index contributed by atoms with van der Waals surface area (Å²) in [5, 5.41) is 11.7. The van der Waals surface area contributed by atoms with Crippen molar-refractivity contribution >= 4 is 20.3 Å². The van der Waals surface area contributed by atoms with Crippen molar-refractivity contribution in [1.82, 2.24) is 25.2 Å². The third kappa shape index (κ3) is 7.29. The lowest BCUT2D eigenvalue weighted by molar-refractivity contribution is -0.153. The molecule has 4 rings (SSSR count). The van der Waals surface area contributed by atoms with Crippen LogP contribution in [0.5, 0.6) is 11.5 Å². The molecule has 1 aliphatic heterocycles. The molecule has 2 N–H and O–H groups in total. The number of methoxy groups -OCH3 is 2. The average molecular weight is 596 g/mol. The fraction of sp³-hybridized carbons (Fsp3) is 0.467. The smallest absolute Gasteiger partial charge is 0.408 e. The van der Waals surface area contributed by atoms with Crippen LogP contribution in [0.2, 0.25) is 18.1 Å². The van der Waals surface area contributed by atoms with Crippen LogP contribution in [0.4, 0.5) is 4.79 Å². The molecule has 12 heteroatoms. The van der Waals surface area contributed by atoms with Gasteiger partial charge in [0.2, 0.25) is 5.91 Å². The zero-order chi connectivity index (χ0) is 30.5. The standard InChI is InChI=1S/C30H41N5O6Si/c1-30(2,42(5,6)38)15-14-23-17-31-35(33-23)19-25-27(32-29(37)41-20-21-10-8-7-9-11-21)28(36)34(25)18-22-12-13-24(39-3)16-26(22)40-4/h7-13,16-17,25,27,38H,14-15,18-20H2,1-6H3,(H,32,37)/t25-,27+/m1/s1. The van der Waals surface area contributed by atoms with Gasteiger partial charge in [-0.3, -0.25) is 4.79 Å². The molecule has 1 aliphatic rings. The fourth-order valence-electron chi connectivity index (χ4n) is 4.67. The van der Waals surface area contributed by atoms with Gasteiger partial charge in [-0.25, -0.2) is 4.79 Å². The number of ether oxygens (including phenoxy) is 3. The molecular weight excluding hydrogens is 554 g/mol. The van der Waals surface area contributed by atoms with Gasteiger partial charge in [0.1, 0.15) is 24.1 Å². The van der Waals surface area contributed by atoms with Gasteiger partial charge in [-0.2, -0.15) is 15.0 Å². The van der Waals surface area contributed by atoms with Gasteiger partial charge in [-0.1, -0.05) is 44.2 Å². The first kappa shape index (κ1) is 31.0. The van der Waals surface area contributed by atoms with Crippen LogP contribution >= 0.6 is 0 Å². The number of rotatable bonds is 13. The van der Waals surface area contributed by atoms with Crippen molar-refractivity contribution in [3.63, 3.8) is 0 Å². The van der Waals surface area contributed by atoms with Gasteiger partial charge < -0.3 is 29.2 Å². The molecule has 3 aromatic rings. The first-order chi connectivity index (χ1) is 19.9.